The second-order valence-electron chi connectivity index (χ2n) is 3.50. The second-order valence-corrected chi connectivity index (χ2v) is 3.50. The van der Waals surface area contributed by atoms with E-state index in [0.717, 1.165) is 11.9 Å². The van der Waals surface area contributed by atoms with Gasteiger partial charge in [0, 0.05) is 19.3 Å². The molecule has 0 unspecified atom stereocenters. The van der Waals surface area contributed by atoms with Crippen molar-refractivity contribution in [1.82, 2.24) is 9.88 Å². The van der Waals surface area contributed by atoms with Gasteiger partial charge in [-0.1, -0.05) is 13.8 Å². The molecule has 90 valence electrons. The third kappa shape index (κ3) is 2.72. The number of aromatic nitrogens is 1. The topological polar surface area (TPSA) is 16.1 Å². The van der Waals surface area contributed by atoms with Crippen molar-refractivity contribution in [3.8, 4) is 0 Å². The monoisotopic (exact) mass is 232 g/mol. The number of nitrogens with zero attached hydrogens (tertiary/aromatic N) is 2. The van der Waals surface area contributed by atoms with E-state index < -0.39 is 11.7 Å². The van der Waals surface area contributed by atoms with Crippen LogP contribution in [-0.4, -0.2) is 16.9 Å². The zero-order valence-corrected chi connectivity index (χ0v) is 9.60. The van der Waals surface area contributed by atoms with E-state index in [2.05, 4.69) is 4.98 Å². The first-order valence-electron chi connectivity index (χ1n) is 5.20. The predicted octanol–water partition coefficient (Wildman–Crippen LogP) is 3.07. The summed E-state index contributed by atoms with van der Waals surface area (Å²) in [6.07, 6.45) is -3.39. The highest BCUT2D eigenvalue weighted by Crippen LogP contribution is 2.31. The van der Waals surface area contributed by atoms with Crippen LogP contribution in [0, 0.1) is 0 Å². The normalized spacial score (nSPS) is 15.4. The molecule has 16 heavy (non-hydrogen) atoms. The van der Waals surface area contributed by atoms with Crippen LogP contribution in [-0.2, 0) is 19.3 Å². The summed E-state index contributed by atoms with van der Waals surface area (Å²) < 4.78 is 36.9. The average Bonchev–Trinajstić information content (AvgIpc) is 2.58. The zero-order valence-electron chi connectivity index (χ0n) is 9.60. The SMILES string of the molecule is CC.CN1Cc2cc(C(F)(F)F)cnc2C1. The molecule has 2 rings (SSSR count). The van der Waals surface area contributed by atoms with E-state index in [4.69, 9.17) is 0 Å². The lowest BCUT2D eigenvalue weighted by Crippen LogP contribution is -2.07. The van der Waals surface area contributed by atoms with Crippen LogP contribution in [0.25, 0.3) is 0 Å². The van der Waals surface area contributed by atoms with Crippen molar-refractivity contribution >= 4 is 0 Å². The number of fused-ring (bicyclic) bond motifs is 1. The summed E-state index contributed by atoms with van der Waals surface area (Å²) in [5.41, 5.74) is 0.773. The molecule has 5 heteroatoms. The standard InChI is InChI=1S/C9H9F3N2.C2H6/c1-14-4-6-2-7(9(10,11)12)3-13-8(6)5-14;1-2/h2-3H,4-5H2,1H3;1-2H3. The maximum atomic E-state index is 12.3. The lowest BCUT2D eigenvalue weighted by atomic mass is 10.1. The molecule has 1 aliphatic heterocycles. The molecule has 2 heterocycles. The molecule has 0 fully saturated rings. The molecule has 0 atom stereocenters. The quantitative estimate of drug-likeness (QED) is 0.683. The molecule has 0 N–H and O–H groups in total. The van der Waals surface area contributed by atoms with E-state index in [-0.39, 0.29) is 0 Å². The van der Waals surface area contributed by atoms with Gasteiger partial charge in [0.2, 0.25) is 0 Å². The lowest BCUT2D eigenvalue weighted by Gasteiger charge is -2.06. The molecular weight excluding hydrogens is 217 g/mol. The third-order valence-corrected chi connectivity index (χ3v) is 2.25. The van der Waals surface area contributed by atoms with Crippen LogP contribution in [0.3, 0.4) is 0 Å². The van der Waals surface area contributed by atoms with Gasteiger partial charge in [0.15, 0.2) is 0 Å². The molecule has 0 aliphatic carbocycles. The van der Waals surface area contributed by atoms with Crippen molar-refractivity contribution in [2.45, 2.75) is 33.1 Å². The molecule has 2 nitrogen and oxygen atoms in total. The number of pyridine rings is 1. The number of hydrogen-bond donors (Lipinski definition) is 0. The highest BCUT2D eigenvalue weighted by Gasteiger charge is 2.32. The molecule has 0 spiro atoms. The summed E-state index contributed by atoms with van der Waals surface area (Å²) in [5, 5.41) is 0. The second kappa shape index (κ2) is 4.82. The summed E-state index contributed by atoms with van der Waals surface area (Å²) in [6.45, 7) is 5.18. The van der Waals surface area contributed by atoms with E-state index in [9.17, 15) is 13.2 Å². The van der Waals surface area contributed by atoms with Crippen LogP contribution < -0.4 is 0 Å². The van der Waals surface area contributed by atoms with Gasteiger partial charge >= 0.3 is 6.18 Å². The van der Waals surface area contributed by atoms with Gasteiger partial charge in [0.05, 0.1) is 11.3 Å². The highest BCUT2D eigenvalue weighted by molar-refractivity contribution is 5.29. The largest absolute Gasteiger partial charge is 0.417 e. The summed E-state index contributed by atoms with van der Waals surface area (Å²) >= 11 is 0. The predicted molar refractivity (Wildman–Crippen MR) is 55.8 cm³/mol. The fourth-order valence-corrected chi connectivity index (χ4v) is 1.58. The minimum atomic E-state index is -4.29. The van der Waals surface area contributed by atoms with Gasteiger partial charge in [-0.2, -0.15) is 13.2 Å². The van der Waals surface area contributed by atoms with Crippen molar-refractivity contribution in [2.24, 2.45) is 0 Å². The van der Waals surface area contributed by atoms with Crippen LogP contribution in [0.15, 0.2) is 12.3 Å². The first-order chi connectivity index (χ1) is 7.47. The molecule has 0 radical (unpaired) electrons. The van der Waals surface area contributed by atoms with Crippen LogP contribution in [0.5, 0.6) is 0 Å². The highest BCUT2D eigenvalue weighted by atomic mass is 19.4. The van der Waals surface area contributed by atoms with E-state index in [1.807, 2.05) is 25.8 Å². The molecule has 0 amide bonds. The van der Waals surface area contributed by atoms with Crippen molar-refractivity contribution < 1.29 is 13.2 Å². The van der Waals surface area contributed by atoms with E-state index >= 15 is 0 Å². The first-order valence-corrected chi connectivity index (χ1v) is 5.20. The summed E-state index contributed by atoms with van der Waals surface area (Å²) in [5.74, 6) is 0. The number of alkyl halides is 3. The Balaban J connectivity index is 0.000000606. The van der Waals surface area contributed by atoms with Gasteiger partial charge in [-0.05, 0) is 18.7 Å². The fourth-order valence-electron chi connectivity index (χ4n) is 1.58. The van der Waals surface area contributed by atoms with Crippen molar-refractivity contribution in [2.75, 3.05) is 7.05 Å². The van der Waals surface area contributed by atoms with Gasteiger partial charge in [0.1, 0.15) is 0 Å². The average molecular weight is 232 g/mol. The summed E-state index contributed by atoms with van der Waals surface area (Å²) in [4.78, 5) is 5.74. The molecule has 1 aromatic heterocycles. The van der Waals surface area contributed by atoms with Gasteiger partial charge in [0.25, 0.3) is 0 Å². The van der Waals surface area contributed by atoms with Crippen LogP contribution in [0.2, 0.25) is 0 Å². The smallest absolute Gasteiger partial charge is 0.296 e. The number of rotatable bonds is 0. The molecule has 0 bridgehead atoms. The Morgan fingerprint density at radius 2 is 1.88 bits per heavy atom. The molecular formula is C11H15F3N2. The molecule has 0 saturated carbocycles. The maximum Gasteiger partial charge on any atom is 0.417 e. The van der Waals surface area contributed by atoms with Crippen LogP contribution in [0.4, 0.5) is 13.2 Å². The molecule has 1 aromatic rings. The Kier molecular flexibility index (Phi) is 3.91. The summed E-state index contributed by atoms with van der Waals surface area (Å²) in [7, 11) is 1.86. The van der Waals surface area contributed by atoms with Gasteiger partial charge in [-0.15, -0.1) is 0 Å². The van der Waals surface area contributed by atoms with Crippen molar-refractivity contribution in [3.63, 3.8) is 0 Å². The lowest BCUT2D eigenvalue weighted by molar-refractivity contribution is -0.137. The van der Waals surface area contributed by atoms with Crippen LogP contribution >= 0.6 is 0 Å². The Morgan fingerprint density at radius 3 is 2.44 bits per heavy atom. The van der Waals surface area contributed by atoms with Gasteiger partial charge < -0.3 is 0 Å². The Labute approximate surface area is 93.1 Å². The Morgan fingerprint density at radius 1 is 1.25 bits per heavy atom. The van der Waals surface area contributed by atoms with Crippen molar-refractivity contribution in [1.29, 1.82) is 0 Å². The molecule has 0 saturated heterocycles. The fraction of sp³-hybridized carbons (Fsp3) is 0.545. The van der Waals surface area contributed by atoms with E-state index in [1.54, 1.807) is 0 Å². The van der Waals surface area contributed by atoms with E-state index in [0.29, 0.717) is 18.7 Å². The summed E-state index contributed by atoms with van der Waals surface area (Å²) in [6, 6.07) is 1.19. The van der Waals surface area contributed by atoms with Gasteiger partial charge in [-0.3, -0.25) is 9.88 Å². The maximum absolute atomic E-state index is 12.3. The Bertz CT molecular complexity index is 361. The minimum Gasteiger partial charge on any atom is -0.296 e. The third-order valence-electron chi connectivity index (χ3n) is 2.25. The van der Waals surface area contributed by atoms with Crippen molar-refractivity contribution in [3.05, 3.63) is 29.1 Å². The zero-order chi connectivity index (χ0) is 12.3. The minimum absolute atomic E-state index is 0.548. The Hall–Kier alpha value is -1.10. The van der Waals surface area contributed by atoms with Gasteiger partial charge in [-0.25, -0.2) is 0 Å². The number of halogens is 3. The number of hydrogen-bond acceptors (Lipinski definition) is 2. The van der Waals surface area contributed by atoms with Crippen LogP contribution in [0.1, 0.15) is 30.7 Å². The van der Waals surface area contributed by atoms with E-state index in [1.165, 1.54) is 6.07 Å². The molecule has 0 aromatic carbocycles. The first kappa shape index (κ1) is 13.0. The molecule has 1 aliphatic rings.